The summed E-state index contributed by atoms with van der Waals surface area (Å²) in [5.41, 5.74) is 6.61. The lowest BCUT2D eigenvalue weighted by atomic mass is 9.88. The fourth-order valence-corrected chi connectivity index (χ4v) is 2.44. The summed E-state index contributed by atoms with van der Waals surface area (Å²) in [6.07, 6.45) is 1.30. The molecular weight excluding hydrogens is 312 g/mol. The van der Waals surface area contributed by atoms with Crippen LogP contribution in [-0.2, 0) is 11.2 Å². The number of hydrogen-bond donors (Lipinski definition) is 2. The molecule has 1 aromatic carbocycles. The van der Waals surface area contributed by atoms with Gasteiger partial charge in [0.15, 0.2) is 0 Å². The Hall–Kier alpha value is -1.26. The molecule has 0 radical (unpaired) electrons. The van der Waals surface area contributed by atoms with Crippen LogP contribution in [-0.4, -0.2) is 25.1 Å². The summed E-state index contributed by atoms with van der Waals surface area (Å²) in [6.45, 7) is 8.68. The average molecular weight is 343 g/mol. The van der Waals surface area contributed by atoms with Crippen molar-refractivity contribution in [1.82, 2.24) is 5.32 Å². The molecule has 0 aliphatic rings. The topological polar surface area (TPSA) is 64.3 Å². The molecule has 0 saturated carbocycles. The smallest absolute Gasteiger partial charge is 0.220 e. The number of methoxy groups -OCH3 is 1. The van der Waals surface area contributed by atoms with Gasteiger partial charge in [-0.15, -0.1) is 12.4 Å². The number of amides is 1. The van der Waals surface area contributed by atoms with Gasteiger partial charge in [-0.25, -0.2) is 0 Å². The molecular formula is C18H31ClN2O2. The van der Waals surface area contributed by atoms with Gasteiger partial charge in [-0.2, -0.15) is 0 Å². The highest BCUT2D eigenvalue weighted by Gasteiger charge is 2.28. The van der Waals surface area contributed by atoms with Crippen molar-refractivity contribution in [3.05, 3.63) is 29.8 Å². The molecule has 0 aromatic heterocycles. The number of hydrogen-bond acceptors (Lipinski definition) is 3. The molecule has 4 nitrogen and oxygen atoms in total. The molecule has 0 heterocycles. The Morgan fingerprint density at radius 1 is 1.30 bits per heavy atom. The normalized spacial score (nSPS) is 14.6. The summed E-state index contributed by atoms with van der Waals surface area (Å²) in [5.74, 6) is 1.48. The highest BCUT2D eigenvalue weighted by atomic mass is 35.5. The van der Waals surface area contributed by atoms with E-state index in [0.29, 0.717) is 18.9 Å². The number of halogens is 1. The number of nitrogens with two attached hydrogens (primary N) is 1. The zero-order valence-electron chi connectivity index (χ0n) is 14.9. The largest absolute Gasteiger partial charge is 0.496 e. The van der Waals surface area contributed by atoms with Crippen molar-refractivity contribution >= 4 is 18.3 Å². The summed E-state index contributed by atoms with van der Waals surface area (Å²) in [4.78, 5) is 12.3. The van der Waals surface area contributed by atoms with Crippen molar-refractivity contribution in [2.24, 2.45) is 17.6 Å². The first kappa shape index (κ1) is 21.7. The van der Waals surface area contributed by atoms with E-state index in [1.54, 1.807) is 7.11 Å². The van der Waals surface area contributed by atoms with Crippen LogP contribution in [0.2, 0.25) is 0 Å². The maximum atomic E-state index is 12.3. The van der Waals surface area contributed by atoms with Gasteiger partial charge in [0.2, 0.25) is 5.91 Å². The third-order valence-electron chi connectivity index (χ3n) is 4.42. The van der Waals surface area contributed by atoms with E-state index in [9.17, 15) is 4.79 Å². The monoisotopic (exact) mass is 342 g/mol. The molecule has 0 spiro atoms. The number of para-hydroxylation sites is 1. The van der Waals surface area contributed by atoms with Gasteiger partial charge < -0.3 is 15.8 Å². The minimum Gasteiger partial charge on any atom is -0.496 e. The van der Waals surface area contributed by atoms with Crippen molar-refractivity contribution in [1.29, 1.82) is 0 Å². The number of ether oxygens (including phenoxy) is 1. The Morgan fingerprint density at radius 3 is 2.43 bits per heavy atom. The zero-order chi connectivity index (χ0) is 16.8. The molecule has 0 fully saturated rings. The highest BCUT2D eigenvalue weighted by Crippen LogP contribution is 2.22. The van der Waals surface area contributed by atoms with E-state index in [1.807, 2.05) is 31.2 Å². The Kier molecular flexibility index (Phi) is 9.25. The third-order valence-corrected chi connectivity index (χ3v) is 4.42. The van der Waals surface area contributed by atoms with Gasteiger partial charge in [0.05, 0.1) is 12.6 Å². The standard InChI is InChI=1S/C18H30N2O2.ClH/c1-13(2)18(4,12-19)20-17(21)11-14(3)10-15-8-6-7-9-16(15)22-5;/h6-9,13-14H,10-12,19H2,1-5H3,(H,20,21);1H. The second kappa shape index (κ2) is 9.78. The summed E-state index contributed by atoms with van der Waals surface area (Å²) in [6, 6.07) is 7.95. The molecule has 1 rings (SSSR count). The van der Waals surface area contributed by atoms with Gasteiger partial charge in [0, 0.05) is 13.0 Å². The number of rotatable bonds is 8. The molecule has 3 N–H and O–H groups in total. The maximum absolute atomic E-state index is 12.3. The van der Waals surface area contributed by atoms with Gasteiger partial charge in [0.25, 0.3) is 0 Å². The lowest BCUT2D eigenvalue weighted by Crippen LogP contribution is -2.55. The van der Waals surface area contributed by atoms with Gasteiger partial charge in [0.1, 0.15) is 5.75 Å². The summed E-state index contributed by atoms with van der Waals surface area (Å²) in [5, 5.41) is 3.09. The van der Waals surface area contributed by atoms with Crippen molar-refractivity contribution in [3.63, 3.8) is 0 Å². The van der Waals surface area contributed by atoms with Crippen LogP contribution in [0.15, 0.2) is 24.3 Å². The van der Waals surface area contributed by atoms with Gasteiger partial charge in [-0.3, -0.25) is 4.79 Å². The molecule has 0 bridgehead atoms. The van der Waals surface area contributed by atoms with E-state index in [1.165, 1.54) is 0 Å². The summed E-state index contributed by atoms with van der Waals surface area (Å²) < 4.78 is 5.36. The van der Waals surface area contributed by atoms with Crippen molar-refractivity contribution in [3.8, 4) is 5.75 Å². The summed E-state index contributed by atoms with van der Waals surface area (Å²) >= 11 is 0. The molecule has 132 valence electrons. The quantitative estimate of drug-likeness (QED) is 0.762. The Morgan fingerprint density at radius 2 is 1.91 bits per heavy atom. The minimum absolute atomic E-state index is 0. The van der Waals surface area contributed by atoms with E-state index in [0.717, 1.165) is 17.7 Å². The number of benzene rings is 1. The van der Waals surface area contributed by atoms with Crippen LogP contribution in [0.5, 0.6) is 5.75 Å². The molecule has 2 unspecified atom stereocenters. The Balaban J connectivity index is 0.00000484. The molecule has 1 aromatic rings. The van der Waals surface area contributed by atoms with Crippen LogP contribution < -0.4 is 15.8 Å². The SMILES string of the molecule is COc1ccccc1CC(C)CC(=O)NC(C)(CN)C(C)C.Cl. The number of carbonyl (C=O) groups excluding carboxylic acids is 1. The van der Waals surface area contributed by atoms with Gasteiger partial charge >= 0.3 is 0 Å². The van der Waals surface area contributed by atoms with E-state index in [4.69, 9.17) is 10.5 Å². The van der Waals surface area contributed by atoms with E-state index in [-0.39, 0.29) is 29.8 Å². The molecule has 0 saturated heterocycles. The first-order chi connectivity index (χ1) is 10.3. The van der Waals surface area contributed by atoms with Gasteiger partial charge in [-0.1, -0.05) is 39.0 Å². The second-order valence-electron chi connectivity index (χ2n) is 6.65. The molecule has 0 aliphatic carbocycles. The zero-order valence-corrected chi connectivity index (χ0v) is 15.7. The number of carbonyl (C=O) groups is 1. The lowest BCUT2D eigenvalue weighted by molar-refractivity contribution is -0.124. The van der Waals surface area contributed by atoms with Crippen LogP contribution in [0, 0.1) is 11.8 Å². The van der Waals surface area contributed by atoms with E-state index < -0.39 is 0 Å². The molecule has 23 heavy (non-hydrogen) atoms. The van der Waals surface area contributed by atoms with Crippen molar-refractivity contribution in [2.75, 3.05) is 13.7 Å². The predicted molar refractivity (Wildman–Crippen MR) is 98.2 cm³/mol. The molecule has 5 heteroatoms. The Labute approximate surface area is 146 Å². The third kappa shape index (κ3) is 6.40. The summed E-state index contributed by atoms with van der Waals surface area (Å²) in [7, 11) is 1.67. The second-order valence-corrected chi connectivity index (χ2v) is 6.65. The van der Waals surface area contributed by atoms with Crippen molar-refractivity contribution < 1.29 is 9.53 Å². The van der Waals surface area contributed by atoms with Crippen molar-refractivity contribution in [2.45, 2.75) is 46.1 Å². The first-order valence-electron chi connectivity index (χ1n) is 7.95. The maximum Gasteiger partial charge on any atom is 0.220 e. The fourth-order valence-electron chi connectivity index (χ4n) is 2.44. The lowest BCUT2D eigenvalue weighted by Gasteiger charge is -2.34. The number of nitrogens with one attached hydrogen (secondary N) is 1. The average Bonchev–Trinajstić information content (AvgIpc) is 2.47. The molecule has 0 aliphatic heterocycles. The van der Waals surface area contributed by atoms with Crippen LogP contribution in [0.3, 0.4) is 0 Å². The molecule has 1 amide bonds. The molecule has 2 atom stereocenters. The van der Waals surface area contributed by atoms with E-state index in [2.05, 4.69) is 26.1 Å². The van der Waals surface area contributed by atoms with Crippen LogP contribution in [0.25, 0.3) is 0 Å². The van der Waals surface area contributed by atoms with E-state index >= 15 is 0 Å². The van der Waals surface area contributed by atoms with Gasteiger partial charge in [-0.05, 0) is 36.8 Å². The Bertz CT molecular complexity index is 494. The fraction of sp³-hybridized carbons (Fsp3) is 0.611. The first-order valence-corrected chi connectivity index (χ1v) is 7.95. The van der Waals surface area contributed by atoms with Crippen LogP contribution >= 0.6 is 12.4 Å². The van der Waals surface area contributed by atoms with Crippen LogP contribution in [0.1, 0.15) is 39.7 Å². The predicted octanol–water partition coefficient (Wildman–Crippen LogP) is 3.18. The highest BCUT2D eigenvalue weighted by molar-refractivity contribution is 5.85. The van der Waals surface area contributed by atoms with Crippen LogP contribution in [0.4, 0.5) is 0 Å². The minimum atomic E-state index is -0.346.